The predicted molar refractivity (Wildman–Crippen MR) is 63.2 cm³/mol. The smallest absolute Gasteiger partial charge is 0.134 e. The van der Waals surface area contributed by atoms with Gasteiger partial charge >= 0.3 is 0 Å². The van der Waals surface area contributed by atoms with E-state index in [0.717, 1.165) is 30.9 Å². The first-order valence-corrected chi connectivity index (χ1v) is 5.49. The highest BCUT2D eigenvalue weighted by Gasteiger charge is 2.02. The van der Waals surface area contributed by atoms with Gasteiger partial charge in [-0.1, -0.05) is 19.1 Å². The fourth-order valence-corrected chi connectivity index (χ4v) is 1.70. The van der Waals surface area contributed by atoms with Crippen LogP contribution in [0.25, 0.3) is 11.0 Å². The van der Waals surface area contributed by atoms with Crippen molar-refractivity contribution in [1.82, 2.24) is 5.32 Å². The first kappa shape index (κ1) is 10.2. The molecule has 0 bridgehead atoms. The fraction of sp³-hybridized carbons (Fsp3) is 0.385. The predicted octanol–water partition coefficient (Wildman–Crippen LogP) is 2.89. The molecule has 2 heteroatoms. The molecule has 1 aromatic heterocycles. The lowest BCUT2D eigenvalue weighted by Crippen LogP contribution is -2.15. The third kappa shape index (κ3) is 2.39. The summed E-state index contributed by atoms with van der Waals surface area (Å²) in [5.41, 5.74) is 2.25. The number of aryl methyl sites for hydroxylation is 1. The molecule has 0 fully saturated rings. The van der Waals surface area contributed by atoms with Crippen LogP contribution in [0.4, 0.5) is 0 Å². The molecular formula is C13H17NO. The Kier molecular flexibility index (Phi) is 3.07. The van der Waals surface area contributed by atoms with Gasteiger partial charge in [0, 0.05) is 18.4 Å². The average Bonchev–Trinajstić information content (AvgIpc) is 2.60. The number of rotatable bonds is 4. The van der Waals surface area contributed by atoms with Crippen molar-refractivity contribution in [3.8, 4) is 0 Å². The summed E-state index contributed by atoms with van der Waals surface area (Å²) in [6.45, 7) is 6.19. The van der Waals surface area contributed by atoms with Crippen LogP contribution in [-0.4, -0.2) is 13.1 Å². The lowest BCUT2D eigenvalue weighted by Gasteiger charge is -1.97. The van der Waals surface area contributed by atoms with E-state index in [9.17, 15) is 0 Å². The number of benzene rings is 1. The van der Waals surface area contributed by atoms with E-state index in [1.165, 1.54) is 10.9 Å². The van der Waals surface area contributed by atoms with Gasteiger partial charge in [0.05, 0.1) is 0 Å². The molecule has 1 heterocycles. The van der Waals surface area contributed by atoms with E-state index < -0.39 is 0 Å². The van der Waals surface area contributed by atoms with Gasteiger partial charge in [-0.15, -0.1) is 0 Å². The normalized spacial score (nSPS) is 11.1. The Morgan fingerprint density at radius 1 is 1.27 bits per heavy atom. The fourth-order valence-electron chi connectivity index (χ4n) is 1.70. The van der Waals surface area contributed by atoms with Crippen molar-refractivity contribution >= 4 is 11.0 Å². The van der Waals surface area contributed by atoms with Crippen LogP contribution in [-0.2, 0) is 6.42 Å². The minimum Gasteiger partial charge on any atom is -0.461 e. The molecule has 0 saturated carbocycles. The Balaban J connectivity index is 2.16. The average molecular weight is 203 g/mol. The minimum absolute atomic E-state index is 0.960. The van der Waals surface area contributed by atoms with E-state index in [1.54, 1.807) is 0 Å². The van der Waals surface area contributed by atoms with Crippen molar-refractivity contribution in [2.45, 2.75) is 20.3 Å². The molecule has 0 unspecified atom stereocenters. The molecule has 15 heavy (non-hydrogen) atoms. The highest BCUT2D eigenvalue weighted by Crippen LogP contribution is 2.20. The number of furan rings is 1. The van der Waals surface area contributed by atoms with Gasteiger partial charge in [0.25, 0.3) is 0 Å². The maximum Gasteiger partial charge on any atom is 0.134 e. The molecule has 0 aliphatic rings. The molecule has 1 N–H and O–H groups in total. The van der Waals surface area contributed by atoms with Gasteiger partial charge in [-0.3, -0.25) is 0 Å². The maximum absolute atomic E-state index is 5.76. The standard InChI is InChI=1S/C13H17NO/c1-3-14-7-6-12-9-11-5-4-10(2)8-13(11)15-12/h4-5,8-9,14H,3,6-7H2,1-2H3. The molecule has 1 aromatic carbocycles. The molecular weight excluding hydrogens is 186 g/mol. The number of fused-ring (bicyclic) bond motifs is 1. The zero-order valence-corrected chi connectivity index (χ0v) is 9.34. The topological polar surface area (TPSA) is 25.2 Å². The molecule has 0 saturated heterocycles. The van der Waals surface area contributed by atoms with E-state index in [4.69, 9.17) is 4.42 Å². The molecule has 0 amide bonds. The van der Waals surface area contributed by atoms with Gasteiger partial charge in [0.1, 0.15) is 11.3 Å². The monoisotopic (exact) mass is 203 g/mol. The second-order valence-corrected chi connectivity index (χ2v) is 3.86. The molecule has 0 atom stereocenters. The second kappa shape index (κ2) is 4.49. The second-order valence-electron chi connectivity index (χ2n) is 3.86. The van der Waals surface area contributed by atoms with E-state index in [1.807, 2.05) is 0 Å². The Labute approximate surface area is 90.3 Å². The molecule has 0 aliphatic heterocycles. The zero-order chi connectivity index (χ0) is 10.7. The van der Waals surface area contributed by atoms with E-state index in [2.05, 4.69) is 43.4 Å². The van der Waals surface area contributed by atoms with Crippen LogP contribution in [0.15, 0.2) is 28.7 Å². The summed E-state index contributed by atoms with van der Waals surface area (Å²) in [6, 6.07) is 8.45. The quantitative estimate of drug-likeness (QED) is 0.773. The molecule has 2 rings (SSSR count). The first-order valence-electron chi connectivity index (χ1n) is 5.49. The van der Waals surface area contributed by atoms with Crippen LogP contribution in [0.5, 0.6) is 0 Å². The SMILES string of the molecule is CCNCCc1cc2ccc(C)cc2o1. The van der Waals surface area contributed by atoms with Crippen molar-refractivity contribution in [3.63, 3.8) is 0 Å². The molecule has 0 spiro atoms. The van der Waals surface area contributed by atoms with Crippen molar-refractivity contribution in [1.29, 1.82) is 0 Å². The highest BCUT2D eigenvalue weighted by atomic mass is 16.3. The van der Waals surface area contributed by atoms with Crippen LogP contribution in [0.2, 0.25) is 0 Å². The Morgan fingerprint density at radius 2 is 2.13 bits per heavy atom. The first-order chi connectivity index (χ1) is 7.29. The Hall–Kier alpha value is -1.28. The molecule has 0 aliphatic carbocycles. The third-order valence-corrected chi connectivity index (χ3v) is 2.52. The van der Waals surface area contributed by atoms with Gasteiger partial charge in [0.2, 0.25) is 0 Å². The van der Waals surface area contributed by atoms with Gasteiger partial charge in [-0.25, -0.2) is 0 Å². The van der Waals surface area contributed by atoms with Crippen LogP contribution >= 0.6 is 0 Å². The minimum atomic E-state index is 0.960. The maximum atomic E-state index is 5.76. The lowest BCUT2D eigenvalue weighted by molar-refractivity contribution is 0.536. The summed E-state index contributed by atoms with van der Waals surface area (Å²) < 4.78 is 5.76. The van der Waals surface area contributed by atoms with Crippen molar-refractivity contribution < 1.29 is 4.42 Å². The number of nitrogens with one attached hydrogen (secondary N) is 1. The molecule has 2 aromatic rings. The van der Waals surface area contributed by atoms with E-state index in [0.29, 0.717) is 0 Å². The summed E-state index contributed by atoms with van der Waals surface area (Å²) in [5, 5.41) is 4.49. The highest BCUT2D eigenvalue weighted by molar-refractivity contribution is 5.78. The summed E-state index contributed by atoms with van der Waals surface area (Å²) in [5.74, 6) is 1.07. The zero-order valence-electron chi connectivity index (χ0n) is 9.34. The lowest BCUT2D eigenvalue weighted by atomic mass is 10.2. The number of hydrogen-bond acceptors (Lipinski definition) is 2. The summed E-state index contributed by atoms with van der Waals surface area (Å²) in [4.78, 5) is 0. The van der Waals surface area contributed by atoms with Crippen LogP contribution in [0.1, 0.15) is 18.2 Å². The van der Waals surface area contributed by atoms with Gasteiger partial charge < -0.3 is 9.73 Å². The Bertz CT molecular complexity index is 445. The third-order valence-electron chi connectivity index (χ3n) is 2.52. The Morgan fingerprint density at radius 3 is 2.93 bits per heavy atom. The largest absolute Gasteiger partial charge is 0.461 e. The molecule has 80 valence electrons. The van der Waals surface area contributed by atoms with Gasteiger partial charge in [0.15, 0.2) is 0 Å². The van der Waals surface area contributed by atoms with E-state index >= 15 is 0 Å². The van der Waals surface area contributed by atoms with Gasteiger partial charge in [-0.2, -0.15) is 0 Å². The number of hydrogen-bond donors (Lipinski definition) is 1. The summed E-state index contributed by atoms with van der Waals surface area (Å²) in [7, 11) is 0. The molecule has 2 nitrogen and oxygen atoms in total. The van der Waals surface area contributed by atoms with Crippen LogP contribution in [0, 0.1) is 6.92 Å². The van der Waals surface area contributed by atoms with Crippen molar-refractivity contribution in [3.05, 3.63) is 35.6 Å². The van der Waals surface area contributed by atoms with Crippen LogP contribution < -0.4 is 5.32 Å². The van der Waals surface area contributed by atoms with E-state index in [-0.39, 0.29) is 0 Å². The van der Waals surface area contributed by atoms with Gasteiger partial charge in [-0.05, 0) is 31.2 Å². The molecule has 0 radical (unpaired) electrons. The summed E-state index contributed by atoms with van der Waals surface area (Å²) in [6.07, 6.45) is 0.960. The number of likely N-dealkylation sites (N-methyl/N-ethyl adjacent to an activating group) is 1. The van der Waals surface area contributed by atoms with Crippen molar-refractivity contribution in [2.75, 3.05) is 13.1 Å². The summed E-state index contributed by atoms with van der Waals surface area (Å²) >= 11 is 0. The van der Waals surface area contributed by atoms with Crippen molar-refractivity contribution in [2.24, 2.45) is 0 Å². The van der Waals surface area contributed by atoms with Crippen LogP contribution in [0.3, 0.4) is 0 Å².